The van der Waals surface area contributed by atoms with E-state index in [1.54, 1.807) is 24.3 Å². The van der Waals surface area contributed by atoms with Gasteiger partial charge in [-0.05, 0) is 6.07 Å². The number of carbonyl (C=O) groups excluding carboxylic acids is 1. The maximum Gasteiger partial charge on any atom is 0.181 e. The van der Waals surface area contributed by atoms with Crippen LogP contribution < -0.4 is 10.8 Å². The molecule has 0 aliphatic rings. The quantitative estimate of drug-likeness (QED) is 0.878. The van der Waals surface area contributed by atoms with Crippen molar-refractivity contribution in [2.45, 2.75) is 0 Å². The number of nitrogens with zero attached hydrogens (tertiary/aromatic N) is 1. The number of carbonyl (C=O) groups is 1. The van der Waals surface area contributed by atoms with Gasteiger partial charge in [0.2, 0.25) is 0 Å². The highest BCUT2D eigenvalue weighted by Gasteiger charge is 2.14. The van der Waals surface area contributed by atoms with Crippen LogP contribution in [0.3, 0.4) is 0 Å². The Hall–Kier alpha value is -1.59. The van der Waals surface area contributed by atoms with Crippen LogP contribution in [-0.2, 0) is 0 Å². The van der Waals surface area contributed by atoms with Crippen LogP contribution in [-0.4, -0.2) is 11.0 Å². The summed E-state index contributed by atoms with van der Waals surface area (Å²) >= 11 is 7.04. The normalized spacial score (nSPS) is 10.3. The lowest BCUT2D eigenvalue weighted by molar-refractivity contribution is -0.255. The second-order valence-corrected chi connectivity index (χ2v) is 4.43. The SMILES string of the molecule is Nc1nc(C(=O)[O-])c(-c2ccccc2Cl)s1. The van der Waals surface area contributed by atoms with Gasteiger partial charge in [0.05, 0.1) is 10.8 Å². The number of hydrogen-bond acceptors (Lipinski definition) is 5. The largest absolute Gasteiger partial charge is 0.543 e. The maximum atomic E-state index is 10.9. The molecule has 1 aromatic carbocycles. The van der Waals surface area contributed by atoms with Crippen molar-refractivity contribution in [3.05, 3.63) is 35.0 Å². The number of carboxylic acid groups (broad SMARTS) is 1. The summed E-state index contributed by atoms with van der Waals surface area (Å²) in [7, 11) is 0. The molecular weight excluding hydrogens is 248 g/mol. The molecule has 0 amide bonds. The van der Waals surface area contributed by atoms with E-state index in [0.29, 0.717) is 15.5 Å². The van der Waals surface area contributed by atoms with Crippen molar-refractivity contribution in [2.75, 3.05) is 5.73 Å². The van der Waals surface area contributed by atoms with Crippen molar-refractivity contribution < 1.29 is 9.90 Å². The molecule has 0 unspecified atom stereocenters. The molecule has 1 aromatic heterocycles. The summed E-state index contributed by atoms with van der Waals surface area (Å²) in [5.74, 6) is -1.36. The number of aromatic nitrogens is 1. The van der Waals surface area contributed by atoms with Gasteiger partial charge in [-0.1, -0.05) is 41.1 Å². The van der Waals surface area contributed by atoms with Gasteiger partial charge in [-0.15, -0.1) is 0 Å². The Bertz CT molecular complexity index is 554. The van der Waals surface area contributed by atoms with Gasteiger partial charge >= 0.3 is 0 Å². The topological polar surface area (TPSA) is 79.0 Å². The number of rotatable bonds is 2. The van der Waals surface area contributed by atoms with Crippen LogP contribution in [0.4, 0.5) is 5.13 Å². The molecule has 1 heterocycles. The first-order valence-corrected chi connectivity index (χ1v) is 5.51. The van der Waals surface area contributed by atoms with Crippen molar-refractivity contribution in [1.82, 2.24) is 4.98 Å². The van der Waals surface area contributed by atoms with E-state index in [0.717, 1.165) is 11.3 Å². The zero-order chi connectivity index (χ0) is 11.7. The van der Waals surface area contributed by atoms with Crippen LogP contribution in [0.5, 0.6) is 0 Å². The molecule has 0 aliphatic carbocycles. The standard InChI is InChI=1S/C10H7ClN2O2S/c11-6-4-2-1-3-5(6)8-7(9(14)15)13-10(12)16-8/h1-4H,(H2,12,13)(H,14,15)/p-1. The molecule has 2 aromatic rings. The molecule has 6 heteroatoms. The molecule has 0 atom stereocenters. The minimum atomic E-state index is -1.36. The summed E-state index contributed by atoms with van der Waals surface area (Å²) in [5.41, 5.74) is 5.90. The number of carboxylic acids is 1. The number of benzene rings is 1. The average molecular weight is 254 g/mol. The van der Waals surface area contributed by atoms with Crippen LogP contribution >= 0.6 is 22.9 Å². The van der Waals surface area contributed by atoms with Crippen molar-refractivity contribution in [1.29, 1.82) is 0 Å². The predicted molar refractivity (Wildman–Crippen MR) is 61.3 cm³/mol. The summed E-state index contributed by atoms with van der Waals surface area (Å²) in [4.78, 5) is 15.0. The molecule has 0 saturated carbocycles. The second kappa shape index (κ2) is 4.11. The number of nitrogen functional groups attached to an aromatic ring is 1. The fourth-order valence-electron chi connectivity index (χ4n) is 1.30. The second-order valence-electron chi connectivity index (χ2n) is 3.00. The predicted octanol–water partition coefficient (Wildman–Crippen LogP) is 1.41. The molecular formula is C10H6ClN2O2S-. The van der Waals surface area contributed by atoms with Gasteiger partial charge in [-0.2, -0.15) is 0 Å². The Labute approximate surface area is 100 Å². The van der Waals surface area contributed by atoms with Crippen molar-refractivity contribution in [3.8, 4) is 10.4 Å². The number of hydrogen-bond donors (Lipinski definition) is 1. The summed E-state index contributed by atoms with van der Waals surface area (Å²) in [5, 5.41) is 11.5. The fraction of sp³-hybridized carbons (Fsp3) is 0. The first-order chi connectivity index (χ1) is 7.59. The lowest BCUT2D eigenvalue weighted by Crippen LogP contribution is -2.23. The van der Waals surface area contributed by atoms with Crippen molar-refractivity contribution in [3.63, 3.8) is 0 Å². The van der Waals surface area contributed by atoms with Crippen LogP contribution in [0.15, 0.2) is 24.3 Å². The molecule has 0 radical (unpaired) electrons. The zero-order valence-corrected chi connectivity index (χ0v) is 9.51. The monoisotopic (exact) mass is 253 g/mol. The minimum absolute atomic E-state index is 0.171. The Morgan fingerprint density at radius 2 is 2.12 bits per heavy atom. The number of nitrogens with two attached hydrogens (primary N) is 1. The molecule has 16 heavy (non-hydrogen) atoms. The van der Waals surface area contributed by atoms with Gasteiger partial charge in [0.1, 0.15) is 5.69 Å². The Morgan fingerprint density at radius 1 is 1.44 bits per heavy atom. The lowest BCUT2D eigenvalue weighted by atomic mass is 10.1. The Balaban J connectivity index is 2.64. The number of aromatic carboxylic acids is 1. The van der Waals surface area contributed by atoms with E-state index in [1.165, 1.54) is 0 Å². The van der Waals surface area contributed by atoms with Crippen LogP contribution in [0, 0.1) is 0 Å². The van der Waals surface area contributed by atoms with E-state index >= 15 is 0 Å². The number of thiazole rings is 1. The maximum absolute atomic E-state index is 10.9. The summed E-state index contributed by atoms with van der Waals surface area (Å²) in [6, 6.07) is 6.90. The molecule has 4 nitrogen and oxygen atoms in total. The lowest BCUT2D eigenvalue weighted by Gasteiger charge is -2.04. The van der Waals surface area contributed by atoms with E-state index in [2.05, 4.69) is 4.98 Å². The van der Waals surface area contributed by atoms with Gasteiger partial charge in [0.15, 0.2) is 5.13 Å². The third-order valence-electron chi connectivity index (χ3n) is 1.96. The highest BCUT2D eigenvalue weighted by atomic mass is 35.5. The smallest absolute Gasteiger partial charge is 0.181 e. The highest BCUT2D eigenvalue weighted by Crippen LogP contribution is 2.35. The minimum Gasteiger partial charge on any atom is -0.543 e. The third kappa shape index (κ3) is 1.87. The van der Waals surface area contributed by atoms with Gasteiger partial charge in [0.25, 0.3) is 0 Å². The zero-order valence-electron chi connectivity index (χ0n) is 7.94. The van der Waals surface area contributed by atoms with Gasteiger partial charge < -0.3 is 15.6 Å². The summed E-state index contributed by atoms with van der Waals surface area (Å²) in [6.07, 6.45) is 0. The van der Waals surface area contributed by atoms with Crippen LogP contribution in [0.2, 0.25) is 5.02 Å². The molecule has 0 saturated heterocycles. The van der Waals surface area contributed by atoms with E-state index in [4.69, 9.17) is 17.3 Å². The summed E-state index contributed by atoms with van der Waals surface area (Å²) < 4.78 is 0. The van der Waals surface area contributed by atoms with Crippen molar-refractivity contribution in [2.24, 2.45) is 0 Å². The Morgan fingerprint density at radius 3 is 2.75 bits per heavy atom. The summed E-state index contributed by atoms with van der Waals surface area (Å²) in [6.45, 7) is 0. The van der Waals surface area contributed by atoms with Crippen LogP contribution in [0.1, 0.15) is 10.5 Å². The molecule has 2 rings (SSSR count). The van der Waals surface area contributed by atoms with E-state index in [1.807, 2.05) is 0 Å². The molecule has 0 aliphatic heterocycles. The number of anilines is 1. The van der Waals surface area contributed by atoms with E-state index < -0.39 is 5.97 Å². The average Bonchev–Trinajstić information content (AvgIpc) is 2.61. The molecule has 82 valence electrons. The van der Waals surface area contributed by atoms with E-state index in [-0.39, 0.29) is 10.8 Å². The highest BCUT2D eigenvalue weighted by molar-refractivity contribution is 7.19. The molecule has 0 bridgehead atoms. The third-order valence-corrected chi connectivity index (χ3v) is 3.20. The van der Waals surface area contributed by atoms with Gasteiger partial charge in [-0.3, -0.25) is 0 Å². The fourth-order valence-corrected chi connectivity index (χ4v) is 2.45. The van der Waals surface area contributed by atoms with E-state index in [9.17, 15) is 9.90 Å². The van der Waals surface area contributed by atoms with Gasteiger partial charge in [0, 0.05) is 10.6 Å². The number of halogens is 1. The molecule has 0 fully saturated rings. The molecule has 0 spiro atoms. The van der Waals surface area contributed by atoms with Crippen LogP contribution in [0.25, 0.3) is 10.4 Å². The van der Waals surface area contributed by atoms with Crippen molar-refractivity contribution >= 4 is 34.0 Å². The first-order valence-electron chi connectivity index (χ1n) is 4.32. The molecule has 2 N–H and O–H groups in total. The first kappa shape index (κ1) is 10.9. The van der Waals surface area contributed by atoms with Gasteiger partial charge in [-0.25, -0.2) is 4.98 Å². The Kier molecular flexibility index (Phi) is 2.80.